The molecule has 3 aromatic rings. The molecular weight excluding hydrogens is 284 g/mol. The van der Waals surface area contributed by atoms with Crippen molar-refractivity contribution in [2.24, 2.45) is 0 Å². The van der Waals surface area contributed by atoms with Gasteiger partial charge in [-0.15, -0.1) is 0 Å². The Hall–Kier alpha value is -1.92. The zero-order valence-electron chi connectivity index (χ0n) is 12.4. The number of anilines is 1. The number of imidazole rings is 1. The van der Waals surface area contributed by atoms with E-state index in [0.29, 0.717) is 13.2 Å². The van der Waals surface area contributed by atoms with E-state index in [-0.39, 0.29) is 0 Å². The van der Waals surface area contributed by atoms with Crippen LogP contribution in [0.1, 0.15) is 22.0 Å². The largest absolute Gasteiger partial charge is 0.380 e. The summed E-state index contributed by atoms with van der Waals surface area (Å²) in [5, 5.41) is 8.95. The highest BCUT2D eigenvalue weighted by Gasteiger charge is 2.12. The number of nitrogens with one attached hydrogen (secondary N) is 1. The Bertz CT molecular complexity index is 745. The smallest absolute Gasteiger partial charge is 0.212 e. The van der Waals surface area contributed by atoms with Crippen LogP contribution in [0.3, 0.4) is 0 Å². The van der Waals surface area contributed by atoms with Gasteiger partial charge in [0.1, 0.15) is 5.01 Å². The maximum Gasteiger partial charge on any atom is 0.212 e. The predicted octanol–water partition coefficient (Wildman–Crippen LogP) is 3.17. The van der Waals surface area contributed by atoms with Gasteiger partial charge in [0.15, 0.2) is 0 Å². The number of benzene rings is 1. The van der Waals surface area contributed by atoms with Crippen LogP contribution in [0.25, 0.3) is 4.96 Å². The van der Waals surface area contributed by atoms with E-state index < -0.39 is 0 Å². The summed E-state index contributed by atoms with van der Waals surface area (Å²) in [5.74, 6) is 0. The molecule has 0 saturated carbocycles. The van der Waals surface area contributed by atoms with Gasteiger partial charge in [0.05, 0.1) is 24.5 Å². The Morgan fingerprint density at radius 3 is 2.71 bits per heavy atom. The molecule has 2 heterocycles. The van der Waals surface area contributed by atoms with E-state index in [9.17, 15) is 0 Å². The van der Waals surface area contributed by atoms with Crippen LogP contribution in [0.5, 0.6) is 0 Å². The first-order valence-electron chi connectivity index (χ1n) is 6.81. The second kappa shape index (κ2) is 5.83. The molecule has 0 atom stereocenters. The fourth-order valence-corrected chi connectivity index (χ4v) is 3.07. The van der Waals surface area contributed by atoms with E-state index in [4.69, 9.17) is 4.74 Å². The molecule has 0 amide bonds. The molecule has 1 aromatic carbocycles. The van der Waals surface area contributed by atoms with Crippen molar-refractivity contribution in [1.29, 1.82) is 0 Å². The van der Waals surface area contributed by atoms with Crippen molar-refractivity contribution >= 4 is 22.0 Å². The van der Waals surface area contributed by atoms with E-state index >= 15 is 0 Å². The molecule has 110 valence electrons. The summed E-state index contributed by atoms with van der Waals surface area (Å²) in [6.45, 7) is 5.37. The quantitative estimate of drug-likeness (QED) is 0.786. The molecule has 0 fully saturated rings. The summed E-state index contributed by atoms with van der Waals surface area (Å²) in [7, 11) is 1.70. The summed E-state index contributed by atoms with van der Waals surface area (Å²) >= 11 is 1.62. The van der Waals surface area contributed by atoms with Gasteiger partial charge in [-0.3, -0.25) is 0 Å². The van der Waals surface area contributed by atoms with Gasteiger partial charge in [0, 0.05) is 12.8 Å². The van der Waals surface area contributed by atoms with Gasteiger partial charge in [-0.1, -0.05) is 23.5 Å². The number of fused-ring (bicyclic) bond motifs is 1. The van der Waals surface area contributed by atoms with E-state index in [1.54, 1.807) is 18.4 Å². The number of ether oxygens (including phenoxy) is 1. The molecule has 6 heteroatoms. The first-order chi connectivity index (χ1) is 10.2. The summed E-state index contributed by atoms with van der Waals surface area (Å²) in [6.07, 6.45) is 0. The fourth-order valence-electron chi connectivity index (χ4n) is 2.26. The average Bonchev–Trinajstić information content (AvgIpc) is 2.94. The lowest BCUT2D eigenvalue weighted by atomic mass is 10.2. The molecule has 0 aliphatic heterocycles. The van der Waals surface area contributed by atoms with Crippen LogP contribution >= 0.6 is 11.3 Å². The number of aryl methyl sites for hydroxylation is 2. The summed E-state index contributed by atoms with van der Waals surface area (Å²) in [5.41, 5.74) is 4.38. The maximum absolute atomic E-state index is 5.11. The van der Waals surface area contributed by atoms with Crippen LogP contribution in [0.15, 0.2) is 24.3 Å². The monoisotopic (exact) mass is 302 g/mol. The van der Waals surface area contributed by atoms with Gasteiger partial charge in [-0.05, 0) is 31.5 Å². The molecular formula is C15H18N4OS. The minimum atomic E-state index is 0.640. The van der Waals surface area contributed by atoms with E-state index in [2.05, 4.69) is 39.7 Å². The minimum Gasteiger partial charge on any atom is -0.380 e. The van der Waals surface area contributed by atoms with Gasteiger partial charge in [-0.25, -0.2) is 9.50 Å². The van der Waals surface area contributed by atoms with Crippen molar-refractivity contribution < 1.29 is 4.74 Å². The second-order valence-electron chi connectivity index (χ2n) is 4.94. The van der Waals surface area contributed by atoms with Gasteiger partial charge in [-0.2, -0.15) is 5.10 Å². The number of methoxy groups -OCH3 is 1. The van der Waals surface area contributed by atoms with Gasteiger partial charge in [0.2, 0.25) is 4.96 Å². The number of rotatable bonds is 5. The zero-order valence-corrected chi connectivity index (χ0v) is 13.2. The van der Waals surface area contributed by atoms with Crippen molar-refractivity contribution in [2.45, 2.75) is 27.0 Å². The summed E-state index contributed by atoms with van der Waals surface area (Å²) in [4.78, 5) is 5.50. The Labute approximate surface area is 127 Å². The summed E-state index contributed by atoms with van der Waals surface area (Å²) < 4.78 is 7.05. The Morgan fingerprint density at radius 1 is 1.24 bits per heavy atom. The Kier molecular flexibility index (Phi) is 3.90. The zero-order chi connectivity index (χ0) is 14.8. The van der Waals surface area contributed by atoms with E-state index in [0.717, 1.165) is 27.0 Å². The first kappa shape index (κ1) is 14.0. The molecule has 5 nitrogen and oxygen atoms in total. The van der Waals surface area contributed by atoms with E-state index in [1.807, 2.05) is 18.4 Å². The third-order valence-electron chi connectivity index (χ3n) is 3.32. The lowest BCUT2D eigenvalue weighted by Crippen LogP contribution is -2.05. The highest BCUT2D eigenvalue weighted by Crippen LogP contribution is 2.19. The topological polar surface area (TPSA) is 51.5 Å². The highest BCUT2D eigenvalue weighted by atomic mass is 32.1. The molecule has 2 aromatic heterocycles. The summed E-state index contributed by atoms with van der Waals surface area (Å²) in [6, 6.07) is 8.26. The van der Waals surface area contributed by atoms with Crippen molar-refractivity contribution in [3.8, 4) is 0 Å². The Balaban J connectivity index is 1.75. The Morgan fingerprint density at radius 2 is 2.00 bits per heavy atom. The lowest BCUT2D eigenvalue weighted by Gasteiger charge is -2.07. The van der Waals surface area contributed by atoms with Crippen molar-refractivity contribution in [3.63, 3.8) is 0 Å². The molecule has 0 unspecified atom stereocenters. The van der Waals surface area contributed by atoms with Crippen LogP contribution in [0.4, 0.5) is 5.69 Å². The highest BCUT2D eigenvalue weighted by molar-refractivity contribution is 7.16. The standard InChI is InChI=1S/C15H18N4OS/c1-10-14(19-15(17-10)21-11(2)18-19)8-16-13-6-4-12(5-7-13)9-20-3/h4-7,16H,8-9H2,1-3H3. The molecule has 0 radical (unpaired) electrons. The first-order valence-corrected chi connectivity index (χ1v) is 7.62. The normalized spacial score (nSPS) is 11.2. The van der Waals surface area contributed by atoms with Gasteiger partial charge < -0.3 is 10.1 Å². The van der Waals surface area contributed by atoms with Crippen LogP contribution in [-0.4, -0.2) is 21.7 Å². The van der Waals surface area contributed by atoms with Crippen molar-refractivity contribution in [2.75, 3.05) is 12.4 Å². The number of hydrogen-bond donors (Lipinski definition) is 1. The van der Waals surface area contributed by atoms with Crippen molar-refractivity contribution in [1.82, 2.24) is 14.6 Å². The average molecular weight is 302 g/mol. The second-order valence-corrected chi connectivity index (χ2v) is 6.10. The molecule has 0 aliphatic carbocycles. The fraction of sp³-hybridized carbons (Fsp3) is 0.333. The predicted molar refractivity (Wildman–Crippen MR) is 84.8 cm³/mol. The number of nitrogens with zero attached hydrogens (tertiary/aromatic N) is 3. The maximum atomic E-state index is 5.11. The number of hydrogen-bond acceptors (Lipinski definition) is 5. The third kappa shape index (κ3) is 2.91. The van der Waals surface area contributed by atoms with Crippen molar-refractivity contribution in [3.05, 3.63) is 46.2 Å². The molecule has 0 bridgehead atoms. The van der Waals surface area contributed by atoms with Gasteiger partial charge >= 0.3 is 0 Å². The molecule has 21 heavy (non-hydrogen) atoms. The molecule has 3 rings (SSSR count). The van der Waals surface area contributed by atoms with Crippen LogP contribution in [0.2, 0.25) is 0 Å². The molecule has 0 spiro atoms. The minimum absolute atomic E-state index is 0.640. The van der Waals surface area contributed by atoms with E-state index in [1.165, 1.54) is 5.56 Å². The molecule has 0 saturated heterocycles. The van der Waals surface area contributed by atoms with Crippen LogP contribution < -0.4 is 5.32 Å². The third-order valence-corrected chi connectivity index (χ3v) is 4.15. The van der Waals surface area contributed by atoms with Crippen LogP contribution in [0, 0.1) is 13.8 Å². The lowest BCUT2D eigenvalue weighted by molar-refractivity contribution is 0.185. The SMILES string of the molecule is COCc1ccc(NCc2c(C)nc3sc(C)nn23)cc1. The molecule has 1 N–H and O–H groups in total. The molecule has 0 aliphatic rings. The number of aromatic nitrogens is 3. The van der Waals surface area contributed by atoms with Gasteiger partial charge in [0.25, 0.3) is 0 Å². The van der Waals surface area contributed by atoms with Crippen LogP contribution in [-0.2, 0) is 17.9 Å².